The molecule has 0 aliphatic carbocycles. The topological polar surface area (TPSA) is 60.2 Å². The van der Waals surface area contributed by atoms with E-state index in [1.54, 1.807) is 30.3 Å². The van der Waals surface area contributed by atoms with Gasteiger partial charge in [-0.05, 0) is 35.8 Å². The molecule has 2 aromatic carbocycles. The van der Waals surface area contributed by atoms with Crippen molar-refractivity contribution in [3.63, 3.8) is 0 Å². The smallest absolute Gasteiger partial charge is 0.269 e. The molecule has 0 atom stereocenters. The van der Waals surface area contributed by atoms with Crippen molar-refractivity contribution in [2.24, 2.45) is 0 Å². The highest BCUT2D eigenvalue weighted by molar-refractivity contribution is 6.06. The lowest BCUT2D eigenvalue weighted by Crippen LogP contribution is -1.94. The van der Waals surface area contributed by atoms with E-state index in [2.05, 4.69) is 6.92 Å². The van der Waals surface area contributed by atoms with Crippen molar-refractivity contribution in [1.29, 1.82) is 0 Å². The highest BCUT2D eigenvalue weighted by Crippen LogP contribution is 2.13. The number of allylic oxidation sites excluding steroid dienone is 1. The maximum atomic E-state index is 12.0. The number of rotatable bonds is 5. The number of nitro groups is 1. The first-order valence-electron chi connectivity index (χ1n) is 6.66. The third-order valence-corrected chi connectivity index (χ3v) is 3.18. The molecule has 0 saturated heterocycles. The molecule has 4 nitrogen and oxygen atoms in total. The van der Waals surface area contributed by atoms with Crippen LogP contribution in [0.25, 0.3) is 6.08 Å². The van der Waals surface area contributed by atoms with Gasteiger partial charge in [-0.2, -0.15) is 0 Å². The number of nitrogens with zero attached hydrogens (tertiary/aromatic N) is 1. The van der Waals surface area contributed by atoms with Crippen LogP contribution in [0, 0.1) is 10.1 Å². The molecule has 0 heterocycles. The highest BCUT2D eigenvalue weighted by atomic mass is 16.6. The first kappa shape index (κ1) is 14.7. The quantitative estimate of drug-likeness (QED) is 0.359. The Balaban J connectivity index is 2.08. The molecule has 0 saturated carbocycles. The number of ketones is 1. The van der Waals surface area contributed by atoms with E-state index in [1.165, 1.54) is 23.8 Å². The van der Waals surface area contributed by atoms with Gasteiger partial charge in [0.2, 0.25) is 0 Å². The lowest BCUT2D eigenvalue weighted by atomic mass is 10.1. The number of benzene rings is 2. The highest BCUT2D eigenvalue weighted by Gasteiger charge is 2.04. The summed E-state index contributed by atoms with van der Waals surface area (Å²) in [5.41, 5.74) is 2.60. The van der Waals surface area contributed by atoms with Gasteiger partial charge in [0.15, 0.2) is 5.78 Å². The predicted molar refractivity (Wildman–Crippen MR) is 82.3 cm³/mol. The zero-order chi connectivity index (χ0) is 15.2. The summed E-state index contributed by atoms with van der Waals surface area (Å²) >= 11 is 0. The molecule has 0 N–H and O–H groups in total. The van der Waals surface area contributed by atoms with Crippen LogP contribution in [0.4, 0.5) is 5.69 Å². The molecular formula is C17H15NO3. The van der Waals surface area contributed by atoms with Crippen molar-refractivity contribution in [2.75, 3.05) is 0 Å². The van der Waals surface area contributed by atoms with Crippen molar-refractivity contribution < 1.29 is 9.72 Å². The number of carbonyl (C=O) groups excluding carboxylic acids is 1. The van der Waals surface area contributed by atoms with E-state index in [0.29, 0.717) is 5.56 Å². The van der Waals surface area contributed by atoms with E-state index >= 15 is 0 Å². The second-order valence-corrected chi connectivity index (χ2v) is 4.60. The maximum absolute atomic E-state index is 12.0. The molecule has 4 heteroatoms. The van der Waals surface area contributed by atoms with Crippen LogP contribution in [-0.4, -0.2) is 10.7 Å². The summed E-state index contributed by atoms with van der Waals surface area (Å²) in [4.78, 5) is 22.1. The minimum Gasteiger partial charge on any atom is -0.289 e. The van der Waals surface area contributed by atoms with Crippen LogP contribution in [-0.2, 0) is 6.42 Å². The third-order valence-electron chi connectivity index (χ3n) is 3.18. The van der Waals surface area contributed by atoms with Crippen LogP contribution in [0.3, 0.4) is 0 Å². The van der Waals surface area contributed by atoms with Crippen molar-refractivity contribution in [3.8, 4) is 0 Å². The van der Waals surface area contributed by atoms with Gasteiger partial charge in [-0.3, -0.25) is 14.9 Å². The Morgan fingerprint density at radius 2 is 1.71 bits per heavy atom. The van der Waals surface area contributed by atoms with E-state index in [-0.39, 0.29) is 11.5 Å². The van der Waals surface area contributed by atoms with Gasteiger partial charge < -0.3 is 0 Å². The standard InChI is InChI=1S/C17H15NO3/c1-2-13-3-8-15(9-4-13)17(19)12-7-14-5-10-16(11-6-14)18(20)21/h3-12H,2H2,1H3/b12-7+. The van der Waals surface area contributed by atoms with E-state index in [9.17, 15) is 14.9 Å². The zero-order valence-electron chi connectivity index (χ0n) is 11.7. The van der Waals surface area contributed by atoms with Gasteiger partial charge in [0.25, 0.3) is 5.69 Å². The van der Waals surface area contributed by atoms with Crippen LogP contribution in [0.5, 0.6) is 0 Å². The van der Waals surface area contributed by atoms with Gasteiger partial charge in [0.05, 0.1) is 4.92 Å². The van der Waals surface area contributed by atoms with Crippen LogP contribution < -0.4 is 0 Å². The minimum absolute atomic E-state index is 0.0358. The second-order valence-electron chi connectivity index (χ2n) is 4.60. The second kappa shape index (κ2) is 6.61. The fraction of sp³-hybridized carbons (Fsp3) is 0.118. The minimum atomic E-state index is -0.450. The fourth-order valence-electron chi connectivity index (χ4n) is 1.88. The number of aryl methyl sites for hydroxylation is 1. The summed E-state index contributed by atoms with van der Waals surface area (Å²) in [6.07, 6.45) is 4.06. The van der Waals surface area contributed by atoms with Gasteiger partial charge in [-0.15, -0.1) is 0 Å². The molecule has 0 spiro atoms. The Bertz CT molecular complexity index is 670. The summed E-state index contributed by atoms with van der Waals surface area (Å²) in [6, 6.07) is 13.5. The molecule has 0 amide bonds. The number of non-ortho nitro benzene ring substituents is 1. The molecule has 106 valence electrons. The molecule has 0 fully saturated rings. The monoisotopic (exact) mass is 281 g/mol. The Hall–Kier alpha value is -2.75. The van der Waals surface area contributed by atoms with Crippen LogP contribution in [0.2, 0.25) is 0 Å². The normalized spacial score (nSPS) is 10.7. The first-order chi connectivity index (χ1) is 10.1. The largest absolute Gasteiger partial charge is 0.289 e. The summed E-state index contributed by atoms with van der Waals surface area (Å²) in [6.45, 7) is 2.06. The van der Waals surface area contributed by atoms with E-state index < -0.39 is 4.92 Å². The average molecular weight is 281 g/mol. The van der Waals surface area contributed by atoms with Gasteiger partial charge in [0, 0.05) is 17.7 Å². The summed E-state index contributed by atoms with van der Waals surface area (Å²) < 4.78 is 0. The lowest BCUT2D eigenvalue weighted by molar-refractivity contribution is -0.384. The van der Waals surface area contributed by atoms with Gasteiger partial charge >= 0.3 is 0 Å². The molecule has 0 radical (unpaired) electrons. The number of nitro benzene ring substituents is 1. The SMILES string of the molecule is CCc1ccc(C(=O)/C=C/c2ccc([N+](=O)[O-])cc2)cc1. The van der Waals surface area contributed by atoms with Crippen LogP contribution >= 0.6 is 0 Å². The number of hydrogen-bond donors (Lipinski definition) is 0. The molecule has 2 aromatic rings. The van der Waals surface area contributed by atoms with Gasteiger partial charge in [-0.1, -0.05) is 37.3 Å². The van der Waals surface area contributed by atoms with Crippen LogP contribution in [0.15, 0.2) is 54.6 Å². The van der Waals surface area contributed by atoms with Crippen molar-refractivity contribution in [2.45, 2.75) is 13.3 Å². The maximum Gasteiger partial charge on any atom is 0.269 e. The number of carbonyl (C=O) groups is 1. The summed E-state index contributed by atoms with van der Waals surface area (Å²) in [7, 11) is 0. The molecular weight excluding hydrogens is 266 g/mol. The summed E-state index contributed by atoms with van der Waals surface area (Å²) in [5, 5.41) is 10.5. The van der Waals surface area contributed by atoms with Gasteiger partial charge in [-0.25, -0.2) is 0 Å². The van der Waals surface area contributed by atoms with E-state index in [4.69, 9.17) is 0 Å². The molecule has 0 bridgehead atoms. The van der Waals surface area contributed by atoms with Crippen molar-refractivity contribution in [1.82, 2.24) is 0 Å². The summed E-state index contributed by atoms with van der Waals surface area (Å²) in [5.74, 6) is -0.0870. The zero-order valence-corrected chi connectivity index (χ0v) is 11.7. The molecule has 0 unspecified atom stereocenters. The molecule has 0 aliphatic heterocycles. The Morgan fingerprint density at radius 1 is 1.10 bits per heavy atom. The van der Waals surface area contributed by atoms with Gasteiger partial charge in [0.1, 0.15) is 0 Å². The van der Waals surface area contributed by atoms with Crippen molar-refractivity contribution >= 4 is 17.5 Å². The molecule has 0 aromatic heterocycles. The Labute approximate surface area is 122 Å². The van der Waals surface area contributed by atoms with E-state index in [1.807, 2.05) is 12.1 Å². The van der Waals surface area contributed by atoms with Crippen LogP contribution in [0.1, 0.15) is 28.4 Å². The fourth-order valence-corrected chi connectivity index (χ4v) is 1.88. The lowest BCUT2D eigenvalue weighted by Gasteiger charge is -1.99. The van der Waals surface area contributed by atoms with Crippen molar-refractivity contribution in [3.05, 3.63) is 81.4 Å². The number of hydrogen-bond acceptors (Lipinski definition) is 3. The van der Waals surface area contributed by atoms with E-state index in [0.717, 1.165) is 12.0 Å². The third kappa shape index (κ3) is 3.86. The predicted octanol–water partition coefficient (Wildman–Crippen LogP) is 4.05. The first-order valence-corrected chi connectivity index (χ1v) is 6.66. The Morgan fingerprint density at radius 3 is 2.24 bits per heavy atom. The Kier molecular flexibility index (Phi) is 4.61. The molecule has 2 rings (SSSR count). The molecule has 21 heavy (non-hydrogen) atoms. The molecule has 0 aliphatic rings. The average Bonchev–Trinajstić information content (AvgIpc) is 2.53.